The Labute approximate surface area is 163 Å². The highest BCUT2D eigenvalue weighted by atomic mass is 35.5. The zero-order valence-electron chi connectivity index (χ0n) is 15.5. The monoisotopic (exact) mass is 384 g/mol. The van der Waals surface area contributed by atoms with Crippen molar-refractivity contribution in [2.75, 3.05) is 14.2 Å². The van der Waals surface area contributed by atoms with Gasteiger partial charge in [0, 0.05) is 17.0 Å². The highest BCUT2D eigenvalue weighted by molar-refractivity contribution is 6.31. The van der Waals surface area contributed by atoms with Gasteiger partial charge in [0.25, 0.3) is 5.91 Å². The number of nitrogens with zero attached hydrogens (tertiary/aromatic N) is 1. The molecule has 1 aliphatic rings. The van der Waals surface area contributed by atoms with Gasteiger partial charge in [-0.25, -0.2) is 4.99 Å². The Kier molecular flexibility index (Phi) is 5.81. The lowest BCUT2D eigenvalue weighted by atomic mass is 10.1. The molecule has 0 aromatic heterocycles. The minimum atomic E-state index is -0.231. The minimum Gasteiger partial charge on any atom is -0.496 e. The maximum absolute atomic E-state index is 12.3. The first kappa shape index (κ1) is 19.0. The summed E-state index contributed by atoms with van der Waals surface area (Å²) in [5.41, 5.74) is 3.06. The van der Waals surface area contributed by atoms with E-state index >= 15 is 0 Å². The number of rotatable bonds is 6. The van der Waals surface area contributed by atoms with E-state index in [-0.39, 0.29) is 5.91 Å². The summed E-state index contributed by atoms with van der Waals surface area (Å²) >= 11 is 6.18. The molecule has 140 valence electrons. The van der Waals surface area contributed by atoms with Gasteiger partial charge in [-0.2, -0.15) is 0 Å². The highest BCUT2D eigenvalue weighted by Crippen LogP contribution is 2.30. The molecule has 3 rings (SSSR count). The van der Waals surface area contributed by atoms with Crippen LogP contribution < -0.4 is 14.8 Å². The Morgan fingerprint density at radius 2 is 1.85 bits per heavy atom. The first-order chi connectivity index (χ1) is 13.0. The molecular weight excluding hydrogens is 364 g/mol. The molecule has 0 saturated heterocycles. The zero-order valence-corrected chi connectivity index (χ0v) is 16.3. The Morgan fingerprint density at radius 3 is 2.56 bits per heavy atom. The lowest BCUT2D eigenvalue weighted by molar-refractivity contribution is -0.115. The molecule has 6 heteroatoms. The first-order valence-corrected chi connectivity index (χ1v) is 8.96. The standard InChI is InChI=1S/C21H21ClN2O3/c1-13-10-19(27-3)15(12-18(13)26-2)11-17-21(25)24-20(23-17)9-8-14-6-4-5-7-16(14)22/h4-7,10-12H,8-9H2,1-3H3,(H,23,24,25)/b17-11+. The van der Waals surface area contributed by atoms with Crippen LogP contribution in [0.25, 0.3) is 6.08 Å². The van der Waals surface area contributed by atoms with Gasteiger partial charge in [-0.05, 0) is 48.7 Å². The van der Waals surface area contributed by atoms with Gasteiger partial charge < -0.3 is 14.8 Å². The number of ether oxygens (including phenoxy) is 2. The maximum Gasteiger partial charge on any atom is 0.275 e. The fourth-order valence-corrected chi connectivity index (χ4v) is 3.15. The summed E-state index contributed by atoms with van der Waals surface area (Å²) in [6.07, 6.45) is 3.01. The van der Waals surface area contributed by atoms with Crippen LogP contribution >= 0.6 is 11.6 Å². The van der Waals surface area contributed by atoms with Crippen molar-refractivity contribution < 1.29 is 14.3 Å². The van der Waals surface area contributed by atoms with Crippen molar-refractivity contribution in [3.63, 3.8) is 0 Å². The van der Waals surface area contributed by atoms with Crippen molar-refractivity contribution in [1.29, 1.82) is 0 Å². The maximum atomic E-state index is 12.3. The molecule has 0 aliphatic carbocycles. The molecule has 0 bridgehead atoms. The molecule has 0 spiro atoms. The second kappa shape index (κ2) is 8.27. The summed E-state index contributed by atoms with van der Waals surface area (Å²) in [4.78, 5) is 16.7. The van der Waals surface area contributed by atoms with Crippen LogP contribution in [0.4, 0.5) is 0 Å². The number of hydrogen-bond acceptors (Lipinski definition) is 4. The van der Waals surface area contributed by atoms with Gasteiger partial charge in [-0.3, -0.25) is 4.79 Å². The number of nitrogens with one attached hydrogen (secondary N) is 1. The van der Waals surface area contributed by atoms with Crippen molar-refractivity contribution in [2.24, 2.45) is 4.99 Å². The van der Waals surface area contributed by atoms with Crippen molar-refractivity contribution >= 4 is 29.4 Å². The van der Waals surface area contributed by atoms with Gasteiger partial charge in [-0.1, -0.05) is 29.8 Å². The largest absolute Gasteiger partial charge is 0.496 e. The quantitative estimate of drug-likeness (QED) is 0.760. The summed E-state index contributed by atoms with van der Waals surface area (Å²) in [6.45, 7) is 1.94. The van der Waals surface area contributed by atoms with Gasteiger partial charge in [-0.15, -0.1) is 0 Å². The molecule has 1 heterocycles. The van der Waals surface area contributed by atoms with E-state index < -0.39 is 0 Å². The molecule has 27 heavy (non-hydrogen) atoms. The zero-order chi connectivity index (χ0) is 19.4. The molecule has 0 unspecified atom stereocenters. The predicted molar refractivity (Wildman–Crippen MR) is 108 cm³/mol. The molecule has 2 aromatic rings. The molecular formula is C21H21ClN2O3. The first-order valence-electron chi connectivity index (χ1n) is 8.58. The SMILES string of the molecule is COc1cc(/C=C2/N=C(CCc3ccccc3Cl)NC2=O)c(OC)cc1C. The van der Waals surface area contributed by atoms with Gasteiger partial charge in [0.15, 0.2) is 0 Å². The number of carbonyl (C=O) groups excluding carboxylic acids is 1. The van der Waals surface area contributed by atoms with Crippen LogP contribution in [0.2, 0.25) is 5.02 Å². The fraction of sp³-hybridized carbons (Fsp3) is 0.238. The predicted octanol–water partition coefficient (Wildman–Crippen LogP) is 4.17. The van der Waals surface area contributed by atoms with E-state index in [2.05, 4.69) is 10.3 Å². The third-order valence-corrected chi connectivity index (χ3v) is 4.74. The minimum absolute atomic E-state index is 0.231. The summed E-state index contributed by atoms with van der Waals surface area (Å²) in [7, 11) is 3.20. The Balaban J connectivity index is 1.82. The summed E-state index contributed by atoms with van der Waals surface area (Å²) in [6, 6.07) is 11.4. The topological polar surface area (TPSA) is 59.9 Å². The third kappa shape index (κ3) is 4.31. The number of halogens is 1. The molecule has 0 radical (unpaired) electrons. The fourth-order valence-electron chi connectivity index (χ4n) is 2.92. The summed E-state index contributed by atoms with van der Waals surface area (Å²) < 4.78 is 10.8. The highest BCUT2D eigenvalue weighted by Gasteiger charge is 2.21. The summed E-state index contributed by atoms with van der Waals surface area (Å²) in [5, 5.41) is 3.54. The number of amidine groups is 1. The smallest absolute Gasteiger partial charge is 0.275 e. The average Bonchev–Trinajstić information content (AvgIpc) is 3.01. The van der Waals surface area contributed by atoms with Crippen molar-refractivity contribution in [2.45, 2.75) is 19.8 Å². The lowest BCUT2D eigenvalue weighted by Crippen LogP contribution is -2.24. The van der Waals surface area contributed by atoms with Gasteiger partial charge in [0.05, 0.1) is 14.2 Å². The number of amides is 1. The van der Waals surface area contributed by atoms with E-state index in [1.165, 1.54) is 0 Å². The molecule has 1 N–H and O–H groups in total. The normalized spacial score (nSPS) is 14.9. The van der Waals surface area contributed by atoms with Crippen LogP contribution in [0, 0.1) is 6.92 Å². The Bertz CT molecular complexity index is 935. The van der Waals surface area contributed by atoms with Gasteiger partial charge in [0.2, 0.25) is 0 Å². The van der Waals surface area contributed by atoms with Crippen LogP contribution in [0.1, 0.15) is 23.1 Å². The van der Waals surface area contributed by atoms with Gasteiger partial charge in [0.1, 0.15) is 23.0 Å². The number of aliphatic imine (C=N–C) groups is 1. The van der Waals surface area contributed by atoms with E-state index in [1.807, 2.05) is 43.3 Å². The molecule has 0 atom stereocenters. The van der Waals surface area contributed by atoms with E-state index in [0.29, 0.717) is 30.1 Å². The summed E-state index contributed by atoms with van der Waals surface area (Å²) in [5.74, 6) is 1.78. The average molecular weight is 385 g/mol. The molecule has 2 aromatic carbocycles. The molecule has 0 fully saturated rings. The number of methoxy groups -OCH3 is 2. The third-order valence-electron chi connectivity index (χ3n) is 4.37. The van der Waals surface area contributed by atoms with Crippen molar-refractivity contribution in [3.05, 3.63) is 63.8 Å². The molecule has 1 aliphatic heterocycles. The van der Waals surface area contributed by atoms with E-state index in [9.17, 15) is 4.79 Å². The number of aryl methyl sites for hydroxylation is 2. The van der Waals surface area contributed by atoms with Gasteiger partial charge >= 0.3 is 0 Å². The molecule has 1 amide bonds. The lowest BCUT2D eigenvalue weighted by Gasteiger charge is -2.10. The van der Waals surface area contributed by atoms with E-state index in [1.54, 1.807) is 20.3 Å². The van der Waals surface area contributed by atoms with Crippen molar-refractivity contribution in [3.8, 4) is 11.5 Å². The second-order valence-corrected chi connectivity index (χ2v) is 6.60. The molecule has 5 nitrogen and oxygen atoms in total. The van der Waals surface area contributed by atoms with Crippen LogP contribution in [-0.2, 0) is 11.2 Å². The van der Waals surface area contributed by atoms with E-state index in [4.69, 9.17) is 21.1 Å². The number of carbonyl (C=O) groups is 1. The van der Waals surface area contributed by atoms with Crippen LogP contribution in [0.3, 0.4) is 0 Å². The number of benzene rings is 2. The van der Waals surface area contributed by atoms with E-state index in [0.717, 1.165) is 27.5 Å². The Morgan fingerprint density at radius 1 is 1.11 bits per heavy atom. The molecule has 0 saturated carbocycles. The Hall–Kier alpha value is -2.79. The number of hydrogen-bond donors (Lipinski definition) is 1. The van der Waals surface area contributed by atoms with Crippen LogP contribution in [0.5, 0.6) is 11.5 Å². The van der Waals surface area contributed by atoms with Crippen molar-refractivity contribution in [1.82, 2.24) is 5.32 Å². The second-order valence-electron chi connectivity index (χ2n) is 6.20. The van der Waals surface area contributed by atoms with Crippen LogP contribution in [0.15, 0.2) is 47.1 Å². The van der Waals surface area contributed by atoms with Crippen LogP contribution in [-0.4, -0.2) is 26.0 Å².